The summed E-state index contributed by atoms with van der Waals surface area (Å²) < 4.78 is 11.2. The highest BCUT2D eigenvalue weighted by Gasteiger charge is 2.09. The number of halogens is 1. The number of carboxylic acids is 1. The minimum atomic E-state index is -1.07. The Bertz CT molecular complexity index is 1510. The van der Waals surface area contributed by atoms with Crippen molar-refractivity contribution >= 4 is 23.1 Å². The highest BCUT2D eigenvalue weighted by atomic mass is 35.5. The van der Waals surface area contributed by atoms with E-state index >= 15 is 0 Å². The second-order valence-electron chi connectivity index (χ2n) is 9.09. The van der Waals surface area contributed by atoms with Gasteiger partial charge in [0, 0.05) is 6.07 Å². The van der Waals surface area contributed by atoms with Gasteiger partial charge < -0.3 is 14.6 Å². The standard InChI is InChI=1S/C35H27ClO4/c36-33-23-31(19-20-34(33)40-24-35(37)38)39-22-21-32(29-15-11-27(12-16-29)25-7-3-1-4-8-25)30-17-13-28(14-18-30)26-9-5-2-6-10-26/h1-21,23H,22,24H2,(H,37,38). The first kappa shape index (κ1) is 26.8. The van der Waals surface area contributed by atoms with Crippen LogP contribution in [-0.4, -0.2) is 24.3 Å². The molecule has 4 nitrogen and oxygen atoms in total. The molecule has 0 aliphatic heterocycles. The van der Waals surface area contributed by atoms with Crippen LogP contribution in [0.5, 0.6) is 11.5 Å². The van der Waals surface area contributed by atoms with Gasteiger partial charge in [0.1, 0.15) is 18.1 Å². The maximum Gasteiger partial charge on any atom is 0.341 e. The highest BCUT2D eigenvalue weighted by molar-refractivity contribution is 6.32. The van der Waals surface area contributed by atoms with Gasteiger partial charge in [-0.1, -0.05) is 121 Å². The summed E-state index contributed by atoms with van der Waals surface area (Å²) in [5.74, 6) is -0.213. The molecular weight excluding hydrogens is 520 g/mol. The lowest BCUT2D eigenvalue weighted by Gasteiger charge is -2.13. The average molecular weight is 547 g/mol. The molecule has 5 rings (SSSR count). The van der Waals surface area contributed by atoms with E-state index in [-0.39, 0.29) is 5.02 Å². The molecule has 0 amide bonds. The first-order valence-electron chi connectivity index (χ1n) is 12.9. The van der Waals surface area contributed by atoms with Crippen LogP contribution in [0, 0.1) is 0 Å². The van der Waals surface area contributed by atoms with Gasteiger partial charge in [0.25, 0.3) is 0 Å². The van der Waals surface area contributed by atoms with Crippen LogP contribution in [0.2, 0.25) is 5.02 Å². The lowest BCUT2D eigenvalue weighted by molar-refractivity contribution is -0.139. The van der Waals surface area contributed by atoms with E-state index in [4.69, 9.17) is 26.2 Å². The normalized spacial score (nSPS) is 10.5. The lowest BCUT2D eigenvalue weighted by atomic mass is 9.94. The van der Waals surface area contributed by atoms with Gasteiger partial charge in [0.05, 0.1) is 5.02 Å². The Morgan fingerprint density at radius 1 is 0.650 bits per heavy atom. The number of carbonyl (C=O) groups is 1. The van der Waals surface area contributed by atoms with Crippen molar-refractivity contribution in [3.8, 4) is 33.8 Å². The molecule has 5 aromatic rings. The number of carboxylic acid groups (broad SMARTS) is 1. The fourth-order valence-electron chi connectivity index (χ4n) is 4.40. The summed E-state index contributed by atoms with van der Waals surface area (Å²) in [6.45, 7) is -0.153. The van der Waals surface area contributed by atoms with Crippen molar-refractivity contribution in [1.82, 2.24) is 0 Å². The van der Waals surface area contributed by atoms with Crippen LogP contribution in [0.15, 0.2) is 133 Å². The van der Waals surface area contributed by atoms with Gasteiger partial charge in [0.2, 0.25) is 0 Å². The van der Waals surface area contributed by atoms with E-state index in [2.05, 4.69) is 78.9 Å². The SMILES string of the molecule is O=C(O)COc1ccc(OCC=C(c2ccc(-c3ccccc3)cc2)c2ccc(-c3ccccc3)cc2)cc1Cl. The molecule has 5 aromatic carbocycles. The first-order chi connectivity index (χ1) is 19.6. The molecule has 0 aromatic heterocycles. The largest absolute Gasteiger partial charge is 0.489 e. The van der Waals surface area contributed by atoms with E-state index in [9.17, 15) is 4.79 Å². The zero-order chi connectivity index (χ0) is 27.7. The minimum absolute atomic E-state index is 0.288. The van der Waals surface area contributed by atoms with Gasteiger partial charge in [-0.2, -0.15) is 0 Å². The molecule has 0 saturated carbocycles. The summed E-state index contributed by atoms with van der Waals surface area (Å²) in [5, 5.41) is 9.11. The Morgan fingerprint density at radius 2 is 1.15 bits per heavy atom. The topological polar surface area (TPSA) is 55.8 Å². The van der Waals surface area contributed by atoms with Gasteiger partial charge in [-0.05, 0) is 57.2 Å². The molecule has 0 spiro atoms. The molecule has 0 radical (unpaired) electrons. The van der Waals surface area contributed by atoms with Crippen molar-refractivity contribution in [1.29, 1.82) is 0 Å². The second kappa shape index (κ2) is 12.8. The van der Waals surface area contributed by atoms with Crippen molar-refractivity contribution in [3.63, 3.8) is 0 Å². The van der Waals surface area contributed by atoms with E-state index in [0.29, 0.717) is 18.1 Å². The van der Waals surface area contributed by atoms with Gasteiger partial charge in [-0.25, -0.2) is 4.79 Å². The van der Waals surface area contributed by atoms with Crippen LogP contribution in [0.1, 0.15) is 11.1 Å². The van der Waals surface area contributed by atoms with E-state index in [1.54, 1.807) is 18.2 Å². The molecule has 0 bridgehead atoms. The Morgan fingerprint density at radius 3 is 1.62 bits per heavy atom. The number of hydrogen-bond donors (Lipinski definition) is 1. The van der Waals surface area contributed by atoms with Crippen LogP contribution in [-0.2, 0) is 4.79 Å². The predicted octanol–water partition coefficient (Wildman–Crippen LogP) is 8.65. The lowest BCUT2D eigenvalue weighted by Crippen LogP contribution is -2.09. The van der Waals surface area contributed by atoms with E-state index in [0.717, 1.165) is 27.8 Å². The number of rotatable bonds is 10. The minimum Gasteiger partial charge on any atom is -0.489 e. The molecule has 0 aliphatic carbocycles. The number of hydrogen-bond acceptors (Lipinski definition) is 3. The van der Waals surface area contributed by atoms with Crippen molar-refractivity contribution in [3.05, 3.63) is 150 Å². The maximum atomic E-state index is 10.8. The van der Waals surface area contributed by atoms with Crippen LogP contribution >= 0.6 is 11.6 Å². The third-order valence-corrected chi connectivity index (χ3v) is 6.69. The van der Waals surface area contributed by atoms with Crippen LogP contribution < -0.4 is 9.47 Å². The van der Waals surface area contributed by atoms with Crippen LogP contribution in [0.4, 0.5) is 0 Å². The molecule has 0 atom stereocenters. The third-order valence-electron chi connectivity index (χ3n) is 6.40. The van der Waals surface area contributed by atoms with E-state index in [1.165, 1.54) is 11.1 Å². The molecule has 5 heteroatoms. The average Bonchev–Trinajstić information content (AvgIpc) is 3.00. The molecule has 0 aliphatic rings. The van der Waals surface area contributed by atoms with Gasteiger partial charge in [0.15, 0.2) is 6.61 Å². The highest BCUT2D eigenvalue weighted by Crippen LogP contribution is 2.31. The van der Waals surface area contributed by atoms with E-state index < -0.39 is 12.6 Å². The number of aliphatic carboxylic acids is 1. The fraction of sp³-hybridized carbons (Fsp3) is 0.0571. The molecule has 0 unspecified atom stereocenters. The van der Waals surface area contributed by atoms with Crippen molar-refractivity contribution in [2.24, 2.45) is 0 Å². The second-order valence-corrected chi connectivity index (χ2v) is 9.50. The Kier molecular flexibility index (Phi) is 8.60. The molecular formula is C35H27ClO4. The summed E-state index contributed by atoms with van der Waals surface area (Å²) in [7, 11) is 0. The molecule has 1 N–H and O–H groups in total. The van der Waals surface area contributed by atoms with Crippen molar-refractivity contribution < 1.29 is 19.4 Å². The molecule has 40 heavy (non-hydrogen) atoms. The summed E-state index contributed by atoms with van der Waals surface area (Å²) in [5.41, 5.74) is 7.84. The van der Waals surface area contributed by atoms with Gasteiger partial charge >= 0.3 is 5.97 Å². The summed E-state index contributed by atoms with van der Waals surface area (Å²) in [6.07, 6.45) is 2.05. The zero-order valence-corrected chi connectivity index (χ0v) is 22.4. The van der Waals surface area contributed by atoms with Crippen LogP contribution in [0.3, 0.4) is 0 Å². The Labute approximate surface area is 238 Å². The summed E-state index contributed by atoms with van der Waals surface area (Å²) in [6, 6.07) is 42.6. The quantitative estimate of drug-likeness (QED) is 0.190. The summed E-state index contributed by atoms with van der Waals surface area (Å²) >= 11 is 6.26. The van der Waals surface area contributed by atoms with Crippen molar-refractivity contribution in [2.45, 2.75) is 0 Å². The monoisotopic (exact) mass is 546 g/mol. The predicted molar refractivity (Wildman–Crippen MR) is 161 cm³/mol. The number of ether oxygens (including phenoxy) is 2. The maximum absolute atomic E-state index is 10.8. The fourth-order valence-corrected chi connectivity index (χ4v) is 4.62. The van der Waals surface area contributed by atoms with Crippen molar-refractivity contribution in [2.75, 3.05) is 13.2 Å². The first-order valence-corrected chi connectivity index (χ1v) is 13.2. The molecule has 0 heterocycles. The Balaban J connectivity index is 1.40. The molecule has 198 valence electrons. The van der Waals surface area contributed by atoms with Gasteiger partial charge in [-0.15, -0.1) is 0 Å². The van der Waals surface area contributed by atoms with Crippen LogP contribution in [0.25, 0.3) is 27.8 Å². The summed E-state index contributed by atoms with van der Waals surface area (Å²) in [4.78, 5) is 10.8. The molecule has 0 fully saturated rings. The smallest absolute Gasteiger partial charge is 0.341 e. The zero-order valence-electron chi connectivity index (χ0n) is 21.7. The number of benzene rings is 5. The third kappa shape index (κ3) is 6.79. The van der Waals surface area contributed by atoms with Gasteiger partial charge in [-0.3, -0.25) is 0 Å². The van der Waals surface area contributed by atoms with E-state index in [1.807, 2.05) is 36.4 Å². The molecule has 0 saturated heterocycles. The Hall–Kier alpha value is -4.80.